The topological polar surface area (TPSA) is 130 Å². The lowest BCUT2D eigenvalue weighted by atomic mass is 10.3. The van der Waals surface area contributed by atoms with Crippen LogP contribution in [0.4, 0.5) is 5.69 Å². The maximum Gasteiger partial charge on any atom is 0.273 e. The van der Waals surface area contributed by atoms with E-state index in [9.17, 15) is 13.2 Å². The van der Waals surface area contributed by atoms with Crippen molar-refractivity contribution < 1.29 is 13.2 Å². The minimum absolute atomic E-state index is 0.156. The summed E-state index contributed by atoms with van der Waals surface area (Å²) < 4.78 is 23.9. The molecule has 0 aliphatic carbocycles. The van der Waals surface area contributed by atoms with Crippen LogP contribution in [-0.4, -0.2) is 43.9 Å². The van der Waals surface area contributed by atoms with Crippen molar-refractivity contribution in [2.45, 2.75) is 13.3 Å². The third-order valence-electron chi connectivity index (χ3n) is 2.21. The van der Waals surface area contributed by atoms with Crippen molar-refractivity contribution in [3.05, 3.63) is 11.4 Å². The Labute approximate surface area is 105 Å². The number of carbonyl (C=O) groups is 1. The number of anilines is 1. The molecule has 0 aliphatic rings. The van der Waals surface area contributed by atoms with Crippen LogP contribution < -0.4 is 15.8 Å². The van der Waals surface area contributed by atoms with Crippen LogP contribution in [0.25, 0.3) is 0 Å². The van der Waals surface area contributed by atoms with E-state index >= 15 is 0 Å². The van der Waals surface area contributed by atoms with E-state index in [4.69, 9.17) is 5.73 Å². The van der Waals surface area contributed by atoms with Crippen molar-refractivity contribution in [3.63, 3.8) is 0 Å². The average molecular weight is 275 g/mol. The van der Waals surface area contributed by atoms with E-state index in [0.29, 0.717) is 24.3 Å². The first-order valence-corrected chi connectivity index (χ1v) is 7.23. The van der Waals surface area contributed by atoms with Gasteiger partial charge in [-0.25, -0.2) is 13.1 Å². The molecule has 0 bridgehead atoms. The fraction of sp³-hybridized carbons (Fsp3) is 0.556. The Morgan fingerprint density at radius 2 is 2.11 bits per heavy atom. The molecule has 8 nitrogen and oxygen atoms in total. The summed E-state index contributed by atoms with van der Waals surface area (Å²) >= 11 is 0. The Balaban J connectivity index is 2.32. The molecule has 1 aromatic rings. The maximum absolute atomic E-state index is 11.6. The lowest BCUT2D eigenvalue weighted by Crippen LogP contribution is -2.29. The van der Waals surface area contributed by atoms with Gasteiger partial charge in [-0.05, 0) is 13.3 Å². The monoisotopic (exact) mass is 275 g/mol. The summed E-state index contributed by atoms with van der Waals surface area (Å²) in [6.07, 6.45) is 1.57. The van der Waals surface area contributed by atoms with Crippen LogP contribution in [0.15, 0.2) is 0 Å². The SMILES string of the molecule is Cc1[nH]nc(C(=O)NCCCNS(C)(=O)=O)c1N. The van der Waals surface area contributed by atoms with E-state index in [1.54, 1.807) is 6.92 Å². The number of hydrogen-bond acceptors (Lipinski definition) is 5. The number of rotatable bonds is 6. The van der Waals surface area contributed by atoms with Gasteiger partial charge in [0.2, 0.25) is 10.0 Å². The maximum atomic E-state index is 11.6. The lowest BCUT2D eigenvalue weighted by molar-refractivity contribution is 0.0949. The van der Waals surface area contributed by atoms with Gasteiger partial charge in [0, 0.05) is 13.1 Å². The molecule has 18 heavy (non-hydrogen) atoms. The standard InChI is InChI=1S/C9H17N5O3S/c1-6-7(10)8(14-13-6)9(15)11-4-3-5-12-18(2,16)17/h12H,3-5,10H2,1-2H3,(H,11,15)(H,13,14). The zero-order valence-corrected chi connectivity index (χ0v) is 11.1. The lowest BCUT2D eigenvalue weighted by Gasteiger charge is -2.04. The van der Waals surface area contributed by atoms with Gasteiger partial charge in [0.25, 0.3) is 5.91 Å². The molecular formula is C9H17N5O3S. The summed E-state index contributed by atoms with van der Waals surface area (Å²) in [6.45, 7) is 2.33. The van der Waals surface area contributed by atoms with Crippen LogP contribution in [0, 0.1) is 6.92 Å². The number of nitrogens with one attached hydrogen (secondary N) is 3. The molecule has 1 amide bonds. The number of hydrogen-bond donors (Lipinski definition) is 4. The highest BCUT2D eigenvalue weighted by atomic mass is 32.2. The number of nitrogen functional groups attached to an aromatic ring is 1. The van der Waals surface area contributed by atoms with Gasteiger partial charge in [-0.1, -0.05) is 0 Å². The number of nitrogens with two attached hydrogens (primary N) is 1. The van der Waals surface area contributed by atoms with Gasteiger partial charge in [-0.3, -0.25) is 9.89 Å². The van der Waals surface area contributed by atoms with E-state index in [0.717, 1.165) is 6.26 Å². The summed E-state index contributed by atoms with van der Waals surface area (Å²) in [7, 11) is -3.18. The smallest absolute Gasteiger partial charge is 0.273 e. The summed E-state index contributed by atoms with van der Waals surface area (Å²) in [5.41, 5.74) is 6.76. The molecule has 5 N–H and O–H groups in total. The number of aryl methyl sites for hydroxylation is 1. The van der Waals surface area contributed by atoms with Gasteiger partial charge < -0.3 is 11.1 Å². The van der Waals surface area contributed by atoms with Crippen molar-refractivity contribution in [1.29, 1.82) is 0 Å². The first-order chi connectivity index (χ1) is 8.31. The van der Waals surface area contributed by atoms with Gasteiger partial charge in [0.1, 0.15) is 0 Å². The first kappa shape index (κ1) is 14.5. The normalized spacial score (nSPS) is 11.4. The van der Waals surface area contributed by atoms with Gasteiger partial charge >= 0.3 is 0 Å². The highest BCUT2D eigenvalue weighted by molar-refractivity contribution is 7.88. The van der Waals surface area contributed by atoms with Gasteiger partial charge in [-0.2, -0.15) is 5.10 Å². The Kier molecular flexibility index (Phi) is 4.68. The largest absolute Gasteiger partial charge is 0.395 e. The van der Waals surface area contributed by atoms with Crippen molar-refractivity contribution in [2.24, 2.45) is 0 Å². The molecule has 0 saturated carbocycles. The molecule has 0 spiro atoms. The number of carbonyl (C=O) groups excluding carboxylic acids is 1. The van der Waals surface area contributed by atoms with E-state index < -0.39 is 10.0 Å². The number of aromatic nitrogens is 2. The molecular weight excluding hydrogens is 258 g/mol. The molecule has 0 aliphatic heterocycles. The molecule has 1 rings (SSSR count). The van der Waals surface area contributed by atoms with Crippen LogP contribution in [0.5, 0.6) is 0 Å². The minimum atomic E-state index is -3.18. The summed E-state index contributed by atoms with van der Waals surface area (Å²) in [4.78, 5) is 11.6. The molecule has 0 fully saturated rings. The van der Waals surface area contributed by atoms with Crippen LogP contribution in [-0.2, 0) is 10.0 Å². The van der Waals surface area contributed by atoms with Crippen LogP contribution in [0.2, 0.25) is 0 Å². The molecule has 102 valence electrons. The third kappa shape index (κ3) is 4.34. The molecule has 1 aromatic heterocycles. The van der Waals surface area contributed by atoms with E-state index in [1.807, 2.05) is 0 Å². The molecule has 0 aromatic carbocycles. The van der Waals surface area contributed by atoms with Crippen molar-refractivity contribution in [1.82, 2.24) is 20.2 Å². The minimum Gasteiger partial charge on any atom is -0.395 e. The Morgan fingerprint density at radius 3 is 2.61 bits per heavy atom. The quantitative estimate of drug-likeness (QED) is 0.493. The fourth-order valence-electron chi connectivity index (χ4n) is 1.24. The molecule has 1 heterocycles. The van der Waals surface area contributed by atoms with E-state index in [2.05, 4.69) is 20.2 Å². The molecule has 0 radical (unpaired) electrons. The molecule has 0 atom stereocenters. The summed E-state index contributed by atoms with van der Waals surface area (Å²) in [6, 6.07) is 0. The van der Waals surface area contributed by atoms with Gasteiger partial charge in [-0.15, -0.1) is 0 Å². The summed E-state index contributed by atoms with van der Waals surface area (Å²) in [5.74, 6) is -0.379. The van der Waals surface area contributed by atoms with Crippen LogP contribution >= 0.6 is 0 Å². The fourth-order valence-corrected chi connectivity index (χ4v) is 1.76. The molecule has 0 unspecified atom stereocenters. The number of aromatic amines is 1. The second-order valence-corrected chi connectivity index (χ2v) is 5.72. The van der Waals surface area contributed by atoms with Crippen molar-refractivity contribution in [2.75, 3.05) is 25.1 Å². The Hall–Kier alpha value is -1.61. The van der Waals surface area contributed by atoms with Crippen LogP contribution in [0.1, 0.15) is 22.6 Å². The Morgan fingerprint density at radius 1 is 1.44 bits per heavy atom. The van der Waals surface area contributed by atoms with Gasteiger partial charge in [0.15, 0.2) is 5.69 Å². The molecule has 0 saturated heterocycles. The number of amides is 1. The zero-order valence-electron chi connectivity index (χ0n) is 10.3. The number of H-pyrrole nitrogens is 1. The average Bonchev–Trinajstić information content (AvgIpc) is 2.57. The third-order valence-corrected chi connectivity index (χ3v) is 2.94. The van der Waals surface area contributed by atoms with E-state index in [1.165, 1.54) is 0 Å². The van der Waals surface area contributed by atoms with Crippen molar-refractivity contribution >= 4 is 21.6 Å². The zero-order chi connectivity index (χ0) is 13.8. The number of sulfonamides is 1. The first-order valence-electron chi connectivity index (χ1n) is 5.34. The van der Waals surface area contributed by atoms with Gasteiger partial charge in [0.05, 0.1) is 17.6 Å². The predicted octanol–water partition coefficient (Wildman–Crippen LogP) is -1.03. The summed E-state index contributed by atoms with van der Waals surface area (Å²) in [5, 5.41) is 8.99. The van der Waals surface area contributed by atoms with Crippen molar-refractivity contribution in [3.8, 4) is 0 Å². The predicted molar refractivity (Wildman–Crippen MR) is 67.5 cm³/mol. The second kappa shape index (κ2) is 5.83. The molecule has 9 heteroatoms. The van der Waals surface area contributed by atoms with Crippen LogP contribution in [0.3, 0.4) is 0 Å². The second-order valence-electron chi connectivity index (χ2n) is 3.89. The highest BCUT2D eigenvalue weighted by Gasteiger charge is 2.14. The Bertz CT molecular complexity index is 522. The van der Waals surface area contributed by atoms with E-state index in [-0.39, 0.29) is 18.1 Å². The highest BCUT2D eigenvalue weighted by Crippen LogP contribution is 2.11. The number of nitrogens with zero attached hydrogens (tertiary/aromatic N) is 1.